The first kappa shape index (κ1) is 17.9. The number of benzene rings is 2. The Bertz CT molecular complexity index is 878. The molecule has 2 aromatic carbocycles. The summed E-state index contributed by atoms with van der Waals surface area (Å²) in [6.07, 6.45) is 2.02. The van der Waals surface area contributed by atoms with Crippen LogP contribution in [0.15, 0.2) is 42.5 Å². The molecule has 1 saturated heterocycles. The van der Waals surface area contributed by atoms with E-state index in [1.807, 2.05) is 0 Å². The van der Waals surface area contributed by atoms with Crippen molar-refractivity contribution >= 4 is 11.6 Å². The Kier molecular flexibility index (Phi) is 5.05. The number of carbonyl (C=O) groups is 2. The number of nitrogens with zero attached hydrogens (tertiary/aromatic N) is 1. The molecule has 1 atom stereocenters. The molecule has 4 rings (SSSR count). The number of nitrogens with one attached hydrogen (secondary N) is 1. The highest BCUT2D eigenvalue weighted by Gasteiger charge is 2.29. The molecule has 0 spiro atoms. The van der Waals surface area contributed by atoms with E-state index in [4.69, 9.17) is 4.74 Å². The molecule has 2 aliphatic rings. The predicted octanol–water partition coefficient (Wildman–Crippen LogP) is 2.52. The lowest BCUT2D eigenvalue weighted by Gasteiger charge is -2.33. The van der Waals surface area contributed by atoms with E-state index in [0.717, 1.165) is 32.5 Å². The van der Waals surface area contributed by atoms with Crippen molar-refractivity contribution in [1.29, 1.82) is 0 Å². The van der Waals surface area contributed by atoms with E-state index < -0.39 is 0 Å². The molecule has 2 aromatic rings. The molecule has 0 amide bonds. The van der Waals surface area contributed by atoms with Gasteiger partial charge in [-0.3, -0.25) is 9.59 Å². The molecule has 0 radical (unpaired) electrons. The number of hydrogen-bond donors (Lipinski definition) is 1. The maximum Gasteiger partial charge on any atom is 0.194 e. The summed E-state index contributed by atoms with van der Waals surface area (Å²) in [6.45, 7) is 3.75. The van der Waals surface area contributed by atoms with Crippen LogP contribution < -0.4 is 10.1 Å². The SMILES string of the molecule is CN1CCNCC1CCCOc1ccc2c(c1)C(=O)c1ccccc1C2=O. The number of ether oxygens (including phenoxy) is 1. The van der Waals surface area contributed by atoms with Gasteiger partial charge >= 0.3 is 0 Å². The van der Waals surface area contributed by atoms with Gasteiger partial charge in [0.05, 0.1) is 6.61 Å². The van der Waals surface area contributed by atoms with Crippen molar-refractivity contribution in [2.75, 3.05) is 33.3 Å². The fraction of sp³-hybridized carbons (Fsp3) is 0.364. The van der Waals surface area contributed by atoms with Gasteiger partial charge in [-0.1, -0.05) is 24.3 Å². The predicted molar refractivity (Wildman–Crippen MR) is 104 cm³/mol. The lowest BCUT2D eigenvalue weighted by molar-refractivity contribution is 0.0978. The highest BCUT2D eigenvalue weighted by Crippen LogP contribution is 2.29. The molecule has 0 saturated carbocycles. The number of likely N-dealkylation sites (N-methyl/N-ethyl adjacent to an activating group) is 1. The quantitative estimate of drug-likeness (QED) is 0.705. The number of ketones is 2. The van der Waals surface area contributed by atoms with Crippen molar-refractivity contribution in [3.8, 4) is 5.75 Å². The van der Waals surface area contributed by atoms with Crippen LogP contribution in [0.5, 0.6) is 5.75 Å². The van der Waals surface area contributed by atoms with Crippen molar-refractivity contribution in [1.82, 2.24) is 10.2 Å². The van der Waals surface area contributed by atoms with Crippen LogP contribution in [0.2, 0.25) is 0 Å². The molecule has 140 valence electrons. The fourth-order valence-electron chi connectivity index (χ4n) is 3.86. The number of hydrogen-bond acceptors (Lipinski definition) is 5. The summed E-state index contributed by atoms with van der Waals surface area (Å²) in [4.78, 5) is 27.8. The van der Waals surface area contributed by atoms with Crippen LogP contribution in [0.1, 0.15) is 44.7 Å². The Morgan fingerprint density at radius 2 is 1.74 bits per heavy atom. The van der Waals surface area contributed by atoms with Crippen molar-refractivity contribution in [2.45, 2.75) is 18.9 Å². The van der Waals surface area contributed by atoms with E-state index >= 15 is 0 Å². The lowest BCUT2D eigenvalue weighted by atomic mass is 9.84. The van der Waals surface area contributed by atoms with Gasteiger partial charge in [0.15, 0.2) is 11.6 Å². The third kappa shape index (κ3) is 3.53. The second kappa shape index (κ2) is 7.62. The summed E-state index contributed by atoms with van der Waals surface area (Å²) in [5, 5.41) is 3.42. The van der Waals surface area contributed by atoms with Gasteiger partial charge in [0.1, 0.15) is 5.75 Å². The van der Waals surface area contributed by atoms with Crippen LogP contribution in [-0.4, -0.2) is 55.8 Å². The maximum absolute atomic E-state index is 12.8. The minimum atomic E-state index is -0.111. The average Bonchev–Trinajstić information content (AvgIpc) is 2.70. The van der Waals surface area contributed by atoms with Crippen LogP contribution >= 0.6 is 0 Å². The Morgan fingerprint density at radius 3 is 2.48 bits per heavy atom. The number of piperazine rings is 1. The molecular formula is C22H24N2O3. The second-order valence-electron chi connectivity index (χ2n) is 7.24. The van der Waals surface area contributed by atoms with Gasteiger partial charge in [-0.05, 0) is 38.1 Å². The molecule has 27 heavy (non-hydrogen) atoms. The van der Waals surface area contributed by atoms with E-state index in [2.05, 4.69) is 17.3 Å². The van der Waals surface area contributed by atoms with Gasteiger partial charge in [-0.25, -0.2) is 0 Å². The summed E-state index contributed by atoms with van der Waals surface area (Å²) in [5.74, 6) is 0.435. The zero-order valence-corrected chi connectivity index (χ0v) is 15.5. The second-order valence-corrected chi connectivity index (χ2v) is 7.24. The zero-order valence-electron chi connectivity index (χ0n) is 15.5. The molecule has 5 heteroatoms. The summed E-state index contributed by atoms with van der Waals surface area (Å²) >= 11 is 0. The largest absolute Gasteiger partial charge is 0.494 e. The molecule has 5 nitrogen and oxygen atoms in total. The van der Waals surface area contributed by atoms with Gasteiger partial charge in [0, 0.05) is 47.9 Å². The Morgan fingerprint density at radius 1 is 1.04 bits per heavy atom. The van der Waals surface area contributed by atoms with Gasteiger partial charge in [-0.15, -0.1) is 0 Å². The first-order valence-corrected chi connectivity index (χ1v) is 9.51. The van der Waals surface area contributed by atoms with Crippen LogP contribution in [0.3, 0.4) is 0 Å². The van der Waals surface area contributed by atoms with Crippen LogP contribution in [0.25, 0.3) is 0 Å². The monoisotopic (exact) mass is 364 g/mol. The average molecular weight is 364 g/mol. The Balaban J connectivity index is 1.41. The smallest absolute Gasteiger partial charge is 0.194 e. The fourth-order valence-corrected chi connectivity index (χ4v) is 3.86. The number of fused-ring (bicyclic) bond motifs is 2. The molecular weight excluding hydrogens is 340 g/mol. The highest BCUT2D eigenvalue weighted by atomic mass is 16.5. The van der Waals surface area contributed by atoms with Gasteiger partial charge in [-0.2, -0.15) is 0 Å². The first-order valence-electron chi connectivity index (χ1n) is 9.51. The van der Waals surface area contributed by atoms with Crippen molar-refractivity contribution < 1.29 is 14.3 Å². The van der Waals surface area contributed by atoms with Crippen molar-refractivity contribution in [2.24, 2.45) is 0 Å². The van der Waals surface area contributed by atoms with E-state index in [0.29, 0.717) is 40.7 Å². The summed E-state index contributed by atoms with van der Waals surface area (Å²) in [7, 11) is 2.16. The van der Waals surface area contributed by atoms with E-state index in [1.54, 1.807) is 42.5 Å². The topological polar surface area (TPSA) is 58.6 Å². The molecule has 1 heterocycles. The van der Waals surface area contributed by atoms with Crippen molar-refractivity contribution in [3.05, 3.63) is 64.7 Å². The third-order valence-corrected chi connectivity index (χ3v) is 5.49. The van der Waals surface area contributed by atoms with Gasteiger partial charge in [0.25, 0.3) is 0 Å². The van der Waals surface area contributed by atoms with Crippen LogP contribution in [0, 0.1) is 0 Å². The third-order valence-electron chi connectivity index (χ3n) is 5.49. The maximum atomic E-state index is 12.8. The Hall–Kier alpha value is -2.50. The minimum Gasteiger partial charge on any atom is -0.494 e. The summed E-state index contributed by atoms with van der Waals surface area (Å²) < 4.78 is 5.87. The molecule has 1 fully saturated rings. The lowest BCUT2D eigenvalue weighted by Crippen LogP contribution is -2.49. The number of carbonyl (C=O) groups excluding carboxylic acids is 2. The Labute approximate surface area is 159 Å². The molecule has 0 bridgehead atoms. The van der Waals surface area contributed by atoms with E-state index in [1.165, 1.54) is 0 Å². The van der Waals surface area contributed by atoms with Gasteiger partial charge < -0.3 is 15.0 Å². The molecule has 1 aliphatic carbocycles. The summed E-state index contributed by atoms with van der Waals surface area (Å²) in [6, 6.07) is 12.7. The zero-order chi connectivity index (χ0) is 18.8. The highest BCUT2D eigenvalue weighted by molar-refractivity contribution is 6.28. The normalized spacial score (nSPS) is 19.5. The van der Waals surface area contributed by atoms with Gasteiger partial charge in [0.2, 0.25) is 0 Å². The number of rotatable bonds is 5. The molecule has 1 N–H and O–H groups in total. The van der Waals surface area contributed by atoms with E-state index in [-0.39, 0.29) is 11.6 Å². The van der Waals surface area contributed by atoms with Crippen LogP contribution in [0.4, 0.5) is 0 Å². The summed E-state index contributed by atoms with van der Waals surface area (Å²) in [5.41, 5.74) is 1.85. The minimum absolute atomic E-state index is 0.0976. The van der Waals surface area contributed by atoms with E-state index in [9.17, 15) is 9.59 Å². The molecule has 1 unspecified atom stereocenters. The standard InChI is InChI=1S/C22H24N2O3/c1-24-11-10-23-14-15(24)5-4-12-27-16-8-9-19-20(13-16)22(26)18-7-3-2-6-17(18)21(19)25/h2-3,6-9,13,15,23H,4-5,10-12,14H2,1H3. The molecule has 1 aliphatic heterocycles. The first-order chi connectivity index (χ1) is 13.1. The van der Waals surface area contributed by atoms with Crippen LogP contribution in [-0.2, 0) is 0 Å². The van der Waals surface area contributed by atoms with Crippen molar-refractivity contribution in [3.63, 3.8) is 0 Å². The molecule has 0 aromatic heterocycles.